The molecule has 1 unspecified atom stereocenters. The molecule has 3 nitrogen and oxygen atoms in total. The Morgan fingerprint density at radius 2 is 1.88 bits per heavy atom. The van der Waals surface area contributed by atoms with Gasteiger partial charge in [-0.25, -0.2) is 9.18 Å². The lowest BCUT2D eigenvalue weighted by atomic mass is 10.0. The Kier molecular flexibility index (Phi) is 4.81. The summed E-state index contributed by atoms with van der Waals surface area (Å²) in [5.74, 6) is 0.639. The maximum absolute atomic E-state index is 13.6. The number of carbonyl (C=O) groups is 1. The number of aryl methyl sites for hydroxylation is 3. The molecule has 0 bridgehead atoms. The first-order valence-corrected chi connectivity index (χ1v) is 9.00. The SMILES string of the molecule is Cc1cc(C)c(NC(=O)NC2CCSc3ccc(F)cc32)c(C)c1. The van der Waals surface area contributed by atoms with Crippen LogP contribution in [-0.4, -0.2) is 11.8 Å². The van der Waals surface area contributed by atoms with E-state index in [2.05, 4.69) is 10.6 Å². The molecule has 2 aromatic carbocycles. The Bertz CT molecular complexity index is 768. The maximum Gasteiger partial charge on any atom is 0.319 e. The molecular weight excluding hydrogens is 323 g/mol. The first kappa shape index (κ1) is 16.8. The molecule has 0 radical (unpaired) electrons. The van der Waals surface area contributed by atoms with E-state index in [1.54, 1.807) is 17.8 Å². The van der Waals surface area contributed by atoms with Gasteiger partial charge in [-0.15, -0.1) is 11.8 Å². The average molecular weight is 344 g/mol. The van der Waals surface area contributed by atoms with E-state index in [1.807, 2.05) is 32.9 Å². The molecule has 0 aliphatic carbocycles. The first-order valence-electron chi connectivity index (χ1n) is 8.01. The van der Waals surface area contributed by atoms with Gasteiger partial charge in [0.05, 0.1) is 6.04 Å². The van der Waals surface area contributed by atoms with Gasteiger partial charge in [0.1, 0.15) is 5.82 Å². The number of hydrogen-bond donors (Lipinski definition) is 2. The number of amides is 2. The van der Waals surface area contributed by atoms with Gasteiger partial charge >= 0.3 is 6.03 Å². The predicted octanol–water partition coefficient (Wildman–Crippen LogP) is 5.11. The van der Waals surface area contributed by atoms with E-state index in [4.69, 9.17) is 0 Å². The number of benzene rings is 2. The van der Waals surface area contributed by atoms with Gasteiger partial charge in [-0.3, -0.25) is 0 Å². The van der Waals surface area contributed by atoms with Crippen LogP contribution in [0.1, 0.15) is 34.7 Å². The van der Waals surface area contributed by atoms with Gasteiger partial charge in [0, 0.05) is 16.3 Å². The second kappa shape index (κ2) is 6.85. The molecule has 5 heteroatoms. The standard InChI is InChI=1S/C19H21FN2OS/c1-11-8-12(2)18(13(3)9-11)22-19(23)21-16-6-7-24-17-5-4-14(20)10-15(16)17/h4-5,8-10,16H,6-7H2,1-3H3,(H2,21,22,23). The molecule has 0 fully saturated rings. The molecule has 1 heterocycles. The molecule has 0 saturated heterocycles. The Labute approximate surface area is 146 Å². The number of nitrogens with one attached hydrogen (secondary N) is 2. The summed E-state index contributed by atoms with van der Waals surface area (Å²) < 4.78 is 13.6. The molecule has 126 valence electrons. The van der Waals surface area contributed by atoms with Crippen molar-refractivity contribution in [1.29, 1.82) is 0 Å². The Balaban J connectivity index is 1.76. The van der Waals surface area contributed by atoms with Crippen LogP contribution in [0.2, 0.25) is 0 Å². The van der Waals surface area contributed by atoms with Crippen molar-refractivity contribution in [2.45, 2.75) is 38.1 Å². The number of thioether (sulfide) groups is 1. The number of carbonyl (C=O) groups excluding carboxylic acids is 1. The van der Waals surface area contributed by atoms with Gasteiger partial charge in [0.15, 0.2) is 0 Å². The molecule has 0 saturated carbocycles. The first-order chi connectivity index (χ1) is 11.4. The van der Waals surface area contributed by atoms with Gasteiger partial charge in [0.25, 0.3) is 0 Å². The number of halogens is 1. The molecule has 0 aromatic heterocycles. The number of urea groups is 1. The molecule has 2 amide bonds. The highest BCUT2D eigenvalue weighted by Gasteiger charge is 2.23. The van der Waals surface area contributed by atoms with Crippen LogP contribution < -0.4 is 10.6 Å². The highest BCUT2D eigenvalue weighted by Crippen LogP contribution is 2.36. The van der Waals surface area contributed by atoms with Crippen LogP contribution in [0.25, 0.3) is 0 Å². The monoisotopic (exact) mass is 344 g/mol. The maximum atomic E-state index is 13.6. The van der Waals surface area contributed by atoms with Crippen LogP contribution in [-0.2, 0) is 0 Å². The smallest absolute Gasteiger partial charge is 0.319 e. The van der Waals surface area contributed by atoms with Crippen LogP contribution >= 0.6 is 11.8 Å². The molecule has 1 atom stereocenters. The minimum absolute atomic E-state index is 0.164. The van der Waals surface area contributed by atoms with Crippen molar-refractivity contribution in [2.75, 3.05) is 11.1 Å². The summed E-state index contributed by atoms with van der Waals surface area (Å²) >= 11 is 1.70. The minimum atomic E-state index is -0.270. The fraction of sp³-hybridized carbons (Fsp3) is 0.316. The van der Waals surface area contributed by atoms with Crippen LogP contribution in [0.4, 0.5) is 14.9 Å². The number of hydrogen-bond acceptors (Lipinski definition) is 2. The van der Waals surface area contributed by atoms with Gasteiger partial charge < -0.3 is 10.6 Å². The summed E-state index contributed by atoms with van der Waals surface area (Å²) in [6, 6.07) is 8.45. The zero-order chi connectivity index (χ0) is 17.3. The summed E-state index contributed by atoms with van der Waals surface area (Å²) in [5.41, 5.74) is 4.94. The summed E-state index contributed by atoms with van der Waals surface area (Å²) in [6.45, 7) is 6.00. The second-order valence-electron chi connectivity index (χ2n) is 6.24. The van der Waals surface area contributed by atoms with Crippen molar-refractivity contribution < 1.29 is 9.18 Å². The van der Waals surface area contributed by atoms with Gasteiger partial charge in [-0.1, -0.05) is 17.7 Å². The molecule has 24 heavy (non-hydrogen) atoms. The van der Waals surface area contributed by atoms with Crippen LogP contribution in [0.15, 0.2) is 35.2 Å². The summed E-state index contributed by atoms with van der Waals surface area (Å²) in [7, 11) is 0. The van der Waals surface area contributed by atoms with Crippen molar-refractivity contribution in [2.24, 2.45) is 0 Å². The van der Waals surface area contributed by atoms with Gasteiger partial charge in [-0.05, 0) is 62.1 Å². The Morgan fingerprint density at radius 1 is 1.17 bits per heavy atom. The van der Waals surface area contributed by atoms with E-state index in [1.165, 1.54) is 17.7 Å². The van der Waals surface area contributed by atoms with Crippen molar-refractivity contribution >= 4 is 23.5 Å². The van der Waals surface area contributed by atoms with E-state index in [0.29, 0.717) is 0 Å². The quantitative estimate of drug-likeness (QED) is 0.795. The molecule has 2 aromatic rings. The van der Waals surface area contributed by atoms with E-state index in [0.717, 1.165) is 39.4 Å². The second-order valence-corrected chi connectivity index (χ2v) is 7.38. The fourth-order valence-corrected chi connectivity index (χ4v) is 4.31. The Hall–Kier alpha value is -2.01. The average Bonchev–Trinajstić information content (AvgIpc) is 2.51. The molecule has 0 spiro atoms. The van der Waals surface area contributed by atoms with Crippen molar-refractivity contribution in [3.8, 4) is 0 Å². The zero-order valence-electron chi connectivity index (χ0n) is 14.1. The lowest BCUT2D eigenvalue weighted by molar-refractivity contribution is 0.248. The predicted molar refractivity (Wildman–Crippen MR) is 97.3 cm³/mol. The third kappa shape index (κ3) is 3.56. The lowest BCUT2D eigenvalue weighted by Crippen LogP contribution is -2.34. The molecular formula is C19H21FN2OS. The molecule has 3 rings (SSSR count). The summed E-state index contributed by atoms with van der Waals surface area (Å²) in [4.78, 5) is 13.5. The normalized spacial score (nSPS) is 16.4. The fourth-order valence-electron chi connectivity index (χ4n) is 3.20. The van der Waals surface area contributed by atoms with E-state index < -0.39 is 0 Å². The third-order valence-electron chi connectivity index (χ3n) is 4.23. The van der Waals surface area contributed by atoms with E-state index in [-0.39, 0.29) is 17.9 Å². The van der Waals surface area contributed by atoms with Crippen molar-refractivity contribution in [3.63, 3.8) is 0 Å². The van der Waals surface area contributed by atoms with Gasteiger partial charge in [0.2, 0.25) is 0 Å². The molecule has 1 aliphatic heterocycles. The number of anilines is 1. The van der Waals surface area contributed by atoms with E-state index >= 15 is 0 Å². The summed E-state index contributed by atoms with van der Waals surface area (Å²) in [6.07, 6.45) is 0.792. The highest BCUT2D eigenvalue weighted by atomic mass is 32.2. The Morgan fingerprint density at radius 3 is 2.58 bits per heavy atom. The van der Waals surface area contributed by atoms with Crippen LogP contribution in [0.3, 0.4) is 0 Å². The van der Waals surface area contributed by atoms with E-state index in [9.17, 15) is 9.18 Å². The van der Waals surface area contributed by atoms with Gasteiger partial charge in [-0.2, -0.15) is 0 Å². The summed E-state index contributed by atoms with van der Waals surface area (Å²) in [5, 5.41) is 5.94. The zero-order valence-corrected chi connectivity index (χ0v) is 14.9. The molecule has 1 aliphatic rings. The minimum Gasteiger partial charge on any atom is -0.331 e. The molecule has 2 N–H and O–H groups in total. The lowest BCUT2D eigenvalue weighted by Gasteiger charge is -2.26. The largest absolute Gasteiger partial charge is 0.331 e. The topological polar surface area (TPSA) is 41.1 Å². The van der Waals surface area contributed by atoms with Crippen molar-refractivity contribution in [1.82, 2.24) is 5.32 Å². The number of rotatable bonds is 2. The van der Waals surface area contributed by atoms with Crippen LogP contribution in [0.5, 0.6) is 0 Å². The van der Waals surface area contributed by atoms with Crippen molar-refractivity contribution in [3.05, 3.63) is 58.4 Å². The third-order valence-corrected chi connectivity index (χ3v) is 5.35. The number of fused-ring (bicyclic) bond motifs is 1. The highest BCUT2D eigenvalue weighted by molar-refractivity contribution is 7.99. The van der Waals surface area contributed by atoms with Crippen LogP contribution in [0, 0.1) is 26.6 Å².